The van der Waals surface area contributed by atoms with E-state index in [0.29, 0.717) is 5.56 Å². The number of methoxy groups -OCH3 is 1. The number of carbonyl (C=O) groups is 1. The van der Waals surface area contributed by atoms with Gasteiger partial charge in [-0.2, -0.15) is 0 Å². The summed E-state index contributed by atoms with van der Waals surface area (Å²) in [6.45, 7) is 0. The molecule has 15 heavy (non-hydrogen) atoms. The Hall–Kier alpha value is -1.75. The molecule has 1 aromatic carbocycles. The molecule has 5 nitrogen and oxygen atoms in total. The lowest BCUT2D eigenvalue weighted by molar-refractivity contribution is -0.146. The summed E-state index contributed by atoms with van der Waals surface area (Å²) in [7, 11) is 1.40. The summed E-state index contributed by atoms with van der Waals surface area (Å²) in [5.74, 6) is -1.21. The minimum absolute atomic E-state index is 0.139. The summed E-state index contributed by atoms with van der Waals surface area (Å²) in [5, 5.41) is 27.2. The summed E-state index contributed by atoms with van der Waals surface area (Å²) in [4.78, 5) is 10.4. The lowest BCUT2D eigenvalue weighted by Gasteiger charge is -2.10. The molecule has 0 saturated carbocycles. The average molecular weight is 212 g/mol. The Morgan fingerprint density at radius 3 is 2.73 bits per heavy atom. The van der Waals surface area contributed by atoms with Crippen LogP contribution in [0.5, 0.6) is 11.5 Å². The van der Waals surface area contributed by atoms with Gasteiger partial charge in [0.25, 0.3) is 0 Å². The zero-order chi connectivity index (χ0) is 11.4. The molecule has 0 bridgehead atoms. The first-order chi connectivity index (χ1) is 7.06. The smallest absolute Gasteiger partial charge is 0.332 e. The fraction of sp³-hybridized carbons (Fsp3) is 0.300. The number of carboxylic acid groups (broad SMARTS) is 1. The van der Waals surface area contributed by atoms with Crippen LogP contribution in [0.15, 0.2) is 18.2 Å². The third-order valence-corrected chi connectivity index (χ3v) is 2.00. The van der Waals surface area contributed by atoms with Crippen molar-refractivity contribution in [2.75, 3.05) is 7.11 Å². The van der Waals surface area contributed by atoms with Crippen LogP contribution >= 0.6 is 0 Å². The number of benzene rings is 1. The molecule has 1 unspecified atom stereocenters. The van der Waals surface area contributed by atoms with Gasteiger partial charge in [0, 0.05) is 12.0 Å². The molecule has 0 heterocycles. The summed E-state index contributed by atoms with van der Waals surface area (Å²) >= 11 is 0. The summed E-state index contributed by atoms with van der Waals surface area (Å²) in [5.41, 5.74) is 0.337. The normalized spacial score (nSPS) is 12.1. The van der Waals surface area contributed by atoms with E-state index in [1.807, 2.05) is 0 Å². The first-order valence-electron chi connectivity index (χ1n) is 4.32. The maximum Gasteiger partial charge on any atom is 0.332 e. The molecule has 1 atom stereocenters. The monoisotopic (exact) mass is 212 g/mol. The number of phenols is 1. The van der Waals surface area contributed by atoms with Gasteiger partial charge < -0.3 is 20.1 Å². The molecule has 0 aromatic heterocycles. The minimum Gasteiger partial charge on any atom is -0.504 e. The molecule has 0 aliphatic carbocycles. The molecular formula is C10H12O5. The Kier molecular flexibility index (Phi) is 3.51. The second-order valence-corrected chi connectivity index (χ2v) is 3.03. The van der Waals surface area contributed by atoms with Gasteiger partial charge in [-0.05, 0) is 6.07 Å². The first kappa shape index (κ1) is 11.3. The van der Waals surface area contributed by atoms with Crippen molar-refractivity contribution in [1.29, 1.82) is 0 Å². The topological polar surface area (TPSA) is 87.0 Å². The second-order valence-electron chi connectivity index (χ2n) is 3.03. The molecule has 0 fully saturated rings. The van der Waals surface area contributed by atoms with E-state index >= 15 is 0 Å². The third kappa shape index (κ3) is 2.60. The quantitative estimate of drug-likeness (QED) is 0.672. The van der Waals surface area contributed by atoms with Crippen LogP contribution in [0.25, 0.3) is 0 Å². The van der Waals surface area contributed by atoms with E-state index in [2.05, 4.69) is 0 Å². The summed E-state index contributed by atoms with van der Waals surface area (Å²) in [6.07, 6.45) is -1.68. The van der Waals surface area contributed by atoms with E-state index < -0.39 is 12.1 Å². The van der Waals surface area contributed by atoms with Crippen LogP contribution in [-0.2, 0) is 11.2 Å². The van der Waals surface area contributed by atoms with E-state index in [1.165, 1.54) is 13.2 Å². The first-order valence-corrected chi connectivity index (χ1v) is 4.32. The Balaban J connectivity index is 2.90. The van der Waals surface area contributed by atoms with Crippen molar-refractivity contribution in [2.45, 2.75) is 12.5 Å². The van der Waals surface area contributed by atoms with Crippen molar-refractivity contribution in [3.05, 3.63) is 23.8 Å². The molecule has 82 valence electrons. The highest BCUT2D eigenvalue weighted by Gasteiger charge is 2.17. The van der Waals surface area contributed by atoms with Gasteiger partial charge in [-0.1, -0.05) is 12.1 Å². The number of hydrogen-bond donors (Lipinski definition) is 3. The average Bonchev–Trinajstić information content (AvgIpc) is 2.21. The fourth-order valence-corrected chi connectivity index (χ4v) is 1.19. The van der Waals surface area contributed by atoms with Crippen LogP contribution in [0.4, 0.5) is 0 Å². The fourth-order valence-electron chi connectivity index (χ4n) is 1.19. The number of ether oxygens (including phenoxy) is 1. The molecule has 1 rings (SSSR count). The minimum atomic E-state index is -1.52. The third-order valence-electron chi connectivity index (χ3n) is 2.00. The van der Waals surface area contributed by atoms with E-state index in [9.17, 15) is 9.90 Å². The van der Waals surface area contributed by atoms with E-state index in [1.54, 1.807) is 12.1 Å². The molecule has 0 amide bonds. The van der Waals surface area contributed by atoms with Gasteiger partial charge in [-0.3, -0.25) is 0 Å². The Morgan fingerprint density at radius 1 is 1.53 bits per heavy atom. The second kappa shape index (κ2) is 4.65. The van der Waals surface area contributed by atoms with Gasteiger partial charge in [0.2, 0.25) is 0 Å². The molecule has 0 aliphatic heterocycles. The SMILES string of the molecule is COc1cccc(CC(O)C(=O)O)c1O. The number of phenolic OH excluding ortho intramolecular Hbond substituents is 1. The van der Waals surface area contributed by atoms with Crippen LogP contribution in [-0.4, -0.2) is 34.5 Å². The van der Waals surface area contributed by atoms with Crippen LogP contribution < -0.4 is 4.74 Å². The number of aliphatic hydroxyl groups is 1. The Bertz CT molecular complexity index is 361. The standard InChI is InChI=1S/C10H12O5/c1-15-8-4-2-3-6(9(8)12)5-7(11)10(13)14/h2-4,7,11-12H,5H2,1H3,(H,13,14). The highest BCUT2D eigenvalue weighted by Crippen LogP contribution is 2.30. The molecular weight excluding hydrogens is 200 g/mol. The molecule has 5 heteroatoms. The van der Waals surface area contributed by atoms with Crippen molar-refractivity contribution < 1.29 is 24.9 Å². The molecule has 1 aromatic rings. The zero-order valence-electron chi connectivity index (χ0n) is 8.17. The number of hydrogen-bond acceptors (Lipinski definition) is 4. The highest BCUT2D eigenvalue weighted by atomic mass is 16.5. The van der Waals surface area contributed by atoms with Crippen molar-refractivity contribution in [2.24, 2.45) is 0 Å². The van der Waals surface area contributed by atoms with E-state index in [-0.39, 0.29) is 17.9 Å². The van der Waals surface area contributed by atoms with Crippen LogP contribution in [0.1, 0.15) is 5.56 Å². The number of para-hydroxylation sites is 1. The Morgan fingerprint density at radius 2 is 2.20 bits per heavy atom. The number of aliphatic carboxylic acids is 1. The number of aliphatic hydroxyl groups excluding tert-OH is 1. The van der Waals surface area contributed by atoms with Gasteiger partial charge in [-0.15, -0.1) is 0 Å². The summed E-state index contributed by atoms with van der Waals surface area (Å²) in [6, 6.07) is 4.69. The Labute approximate surface area is 86.5 Å². The maximum atomic E-state index is 10.4. The van der Waals surface area contributed by atoms with Crippen molar-refractivity contribution in [3.8, 4) is 11.5 Å². The molecule has 0 radical (unpaired) electrons. The zero-order valence-corrected chi connectivity index (χ0v) is 8.17. The van der Waals surface area contributed by atoms with E-state index in [0.717, 1.165) is 0 Å². The number of carboxylic acids is 1. The number of aromatic hydroxyl groups is 1. The van der Waals surface area contributed by atoms with Crippen LogP contribution in [0.2, 0.25) is 0 Å². The van der Waals surface area contributed by atoms with Crippen molar-refractivity contribution in [1.82, 2.24) is 0 Å². The number of rotatable bonds is 4. The molecule has 3 N–H and O–H groups in total. The van der Waals surface area contributed by atoms with Gasteiger partial charge in [0.05, 0.1) is 7.11 Å². The lowest BCUT2D eigenvalue weighted by Crippen LogP contribution is -2.22. The van der Waals surface area contributed by atoms with Gasteiger partial charge in [0.1, 0.15) is 0 Å². The van der Waals surface area contributed by atoms with Crippen molar-refractivity contribution >= 4 is 5.97 Å². The van der Waals surface area contributed by atoms with Crippen molar-refractivity contribution in [3.63, 3.8) is 0 Å². The highest BCUT2D eigenvalue weighted by molar-refractivity contribution is 5.72. The summed E-state index contributed by atoms with van der Waals surface area (Å²) < 4.78 is 4.85. The lowest BCUT2D eigenvalue weighted by atomic mass is 10.1. The van der Waals surface area contributed by atoms with Crippen LogP contribution in [0.3, 0.4) is 0 Å². The van der Waals surface area contributed by atoms with Gasteiger partial charge in [-0.25, -0.2) is 4.79 Å². The largest absolute Gasteiger partial charge is 0.504 e. The van der Waals surface area contributed by atoms with Crippen LogP contribution in [0, 0.1) is 0 Å². The van der Waals surface area contributed by atoms with Gasteiger partial charge in [0.15, 0.2) is 17.6 Å². The van der Waals surface area contributed by atoms with Gasteiger partial charge >= 0.3 is 5.97 Å². The molecule has 0 spiro atoms. The van der Waals surface area contributed by atoms with E-state index in [4.69, 9.17) is 14.9 Å². The maximum absolute atomic E-state index is 10.4. The molecule has 0 saturated heterocycles. The molecule has 0 aliphatic rings. The predicted octanol–water partition coefficient (Wildman–Crippen LogP) is 0.389. The predicted molar refractivity (Wildman–Crippen MR) is 52.0 cm³/mol.